The van der Waals surface area contributed by atoms with E-state index in [1.165, 1.54) is 0 Å². The first-order chi connectivity index (χ1) is 8.56. The first-order valence-electron chi connectivity index (χ1n) is 5.46. The van der Waals surface area contributed by atoms with Crippen LogP contribution in [0.2, 0.25) is 0 Å². The fourth-order valence-electron chi connectivity index (χ4n) is 2.00. The molecular weight excluding hydrogens is 385 g/mol. The van der Waals surface area contributed by atoms with Crippen molar-refractivity contribution in [1.29, 1.82) is 0 Å². The number of hydrogen-bond acceptors (Lipinski definition) is 2. The number of methoxy groups -OCH3 is 1. The van der Waals surface area contributed by atoms with Gasteiger partial charge in [0, 0.05) is 29.4 Å². The summed E-state index contributed by atoms with van der Waals surface area (Å²) < 4.78 is 6.97. The molecule has 1 atom stereocenters. The van der Waals surface area contributed by atoms with Crippen LogP contribution >= 0.6 is 43.5 Å². The smallest absolute Gasteiger partial charge is 0.227 e. The summed E-state index contributed by atoms with van der Waals surface area (Å²) in [6, 6.07) is 3.73. The fraction of sp³-hybridized carbons (Fsp3) is 0.417. The van der Waals surface area contributed by atoms with Crippen molar-refractivity contribution in [3.05, 3.63) is 21.1 Å². The molecule has 3 nitrogen and oxygen atoms in total. The van der Waals surface area contributed by atoms with Gasteiger partial charge in [-0.1, -0.05) is 0 Å². The third kappa shape index (κ3) is 2.68. The van der Waals surface area contributed by atoms with E-state index in [4.69, 9.17) is 16.3 Å². The standard InChI is InChI=1S/C12H12Br2ClNO2/c1-18-11-4-10(8(13)3-9(11)14)16-6-7(5-15)2-12(16)17/h3-4,7H,2,5-6H2,1H3. The number of amides is 1. The molecule has 1 saturated heterocycles. The second kappa shape index (κ2) is 5.80. The first-order valence-corrected chi connectivity index (χ1v) is 7.58. The molecule has 1 aromatic carbocycles. The quantitative estimate of drug-likeness (QED) is 0.726. The SMILES string of the molecule is COc1cc(N2CC(CCl)CC2=O)c(Br)cc1Br. The molecule has 0 spiro atoms. The lowest BCUT2D eigenvalue weighted by Crippen LogP contribution is -2.25. The molecule has 1 unspecified atom stereocenters. The largest absolute Gasteiger partial charge is 0.495 e. The Kier molecular flexibility index (Phi) is 4.56. The van der Waals surface area contributed by atoms with Crippen LogP contribution in [0.4, 0.5) is 5.69 Å². The molecule has 0 bridgehead atoms. The molecule has 1 aromatic rings. The van der Waals surface area contributed by atoms with Crippen LogP contribution in [-0.2, 0) is 4.79 Å². The van der Waals surface area contributed by atoms with Crippen molar-refractivity contribution in [2.24, 2.45) is 5.92 Å². The van der Waals surface area contributed by atoms with Gasteiger partial charge in [0.25, 0.3) is 0 Å². The van der Waals surface area contributed by atoms with Crippen molar-refractivity contribution < 1.29 is 9.53 Å². The van der Waals surface area contributed by atoms with E-state index in [-0.39, 0.29) is 11.8 Å². The van der Waals surface area contributed by atoms with E-state index in [1.807, 2.05) is 12.1 Å². The summed E-state index contributed by atoms with van der Waals surface area (Å²) in [6.45, 7) is 0.658. The van der Waals surface area contributed by atoms with Gasteiger partial charge >= 0.3 is 0 Å². The molecule has 1 fully saturated rings. The minimum atomic E-state index is 0.103. The highest BCUT2D eigenvalue weighted by molar-refractivity contribution is 9.11. The number of ether oxygens (including phenoxy) is 1. The Labute approximate surface area is 128 Å². The second-order valence-corrected chi connectivity index (χ2v) is 6.18. The lowest BCUT2D eigenvalue weighted by atomic mass is 10.1. The van der Waals surface area contributed by atoms with Crippen molar-refractivity contribution in [1.82, 2.24) is 0 Å². The number of halogens is 3. The molecule has 1 amide bonds. The van der Waals surface area contributed by atoms with Crippen LogP contribution in [0.1, 0.15) is 6.42 Å². The highest BCUT2D eigenvalue weighted by atomic mass is 79.9. The third-order valence-corrected chi connectivity index (χ3v) is 4.63. The highest BCUT2D eigenvalue weighted by Crippen LogP contribution is 2.38. The topological polar surface area (TPSA) is 29.5 Å². The maximum absolute atomic E-state index is 12.0. The monoisotopic (exact) mass is 395 g/mol. The van der Waals surface area contributed by atoms with Crippen LogP contribution in [0.15, 0.2) is 21.1 Å². The van der Waals surface area contributed by atoms with Crippen LogP contribution in [0, 0.1) is 5.92 Å². The number of carbonyl (C=O) groups is 1. The average Bonchev–Trinajstić information content (AvgIpc) is 2.71. The van der Waals surface area contributed by atoms with E-state index >= 15 is 0 Å². The van der Waals surface area contributed by atoms with Gasteiger partial charge in [0.2, 0.25) is 5.91 Å². The van der Waals surface area contributed by atoms with Crippen LogP contribution in [0.25, 0.3) is 0 Å². The van der Waals surface area contributed by atoms with Gasteiger partial charge in [0.05, 0.1) is 17.3 Å². The summed E-state index contributed by atoms with van der Waals surface area (Å²) in [7, 11) is 1.60. The molecule has 98 valence electrons. The highest BCUT2D eigenvalue weighted by Gasteiger charge is 2.31. The Hall–Kier alpha value is -0.260. The van der Waals surface area contributed by atoms with Crippen LogP contribution in [-0.4, -0.2) is 25.4 Å². The van der Waals surface area contributed by atoms with E-state index in [0.717, 1.165) is 14.6 Å². The number of benzene rings is 1. The molecule has 6 heteroatoms. The summed E-state index contributed by atoms with van der Waals surface area (Å²) in [5.74, 6) is 1.54. The van der Waals surface area contributed by atoms with Gasteiger partial charge in [-0.15, -0.1) is 11.6 Å². The summed E-state index contributed by atoms with van der Waals surface area (Å²) in [6.07, 6.45) is 0.508. The molecule has 1 aliphatic heterocycles. The van der Waals surface area contributed by atoms with Crippen LogP contribution in [0.5, 0.6) is 5.75 Å². The van der Waals surface area contributed by atoms with Crippen molar-refractivity contribution in [2.75, 3.05) is 24.4 Å². The molecule has 0 aromatic heterocycles. The van der Waals surface area contributed by atoms with Crippen LogP contribution < -0.4 is 9.64 Å². The minimum absolute atomic E-state index is 0.103. The Morgan fingerprint density at radius 2 is 2.17 bits per heavy atom. The Morgan fingerprint density at radius 3 is 2.72 bits per heavy atom. The number of anilines is 1. The molecule has 1 aliphatic rings. The zero-order chi connectivity index (χ0) is 13.3. The zero-order valence-electron chi connectivity index (χ0n) is 9.75. The maximum atomic E-state index is 12.0. The number of rotatable bonds is 3. The average molecular weight is 397 g/mol. The zero-order valence-corrected chi connectivity index (χ0v) is 13.7. The third-order valence-electron chi connectivity index (χ3n) is 2.94. The Balaban J connectivity index is 2.36. The molecule has 0 radical (unpaired) electrons. The molecule has 0 N–H and O–H groups in total. The number of alkyl halides is 1. The van der Waals surface area contributed by atoms with Crippen molar-refractivity contribution in [3.8, 4) is 5.75 Å². The lowest BCUT2D eigenvalue weighted by molar-refractivity contribution is -0.117. The molecule has 0 saturated carbocycles. The van der Waals surface area contributed by atoms with Gasteiger partial charge in [-0.25, -0.2) is 0 Å². The molecule has 1 heterocycles. The van der Waals surface area contributed by atoms with Gasteiger partial charge in [-0.05, 0) is 43.8 Å². The predicted octanol–water partition coefficient (Wildman–Crippen LogP) is 3.81. The predicted molar refractivity (Wildman–Crippen MR) is 79.6 cm³/mol. The molecule has 0 aliphatic carbocycles. The number of hydrogen-bond donors (Lipinski definition) is 0. The van der Waals surface area contributed by atoms with Gasteiger partial charge in [-0.3, -0.25) is 4.79 Å². The maximum Gasteiger partial charge on any atom is 0.227 e. The summed E-state index contributed by atoms with van der Waals surface area (Å²) in [4.78, 5) is 13.7. The summed E-state index contributed by atoms with van der Waals surface area (Å²) >= 11 is 12.7. The number of carbonyl (C=O) groups excluding carboxylic acids is 1. The molecular formula is C12H12Br2ClNO2. The van der Waals surface area contributed by atoms with E-state index < -0.39 is 0 Å². The van der Waals surface area contributed by atoms with Gasteiger partial charge < -0.3 is 9.64 Å². The van der Waals surface area contributed by atoms with Crippen molar-refractivity contribution >= 4 is 55.1 Å². The normalized spacial score (nSPS) is 19.4. The summed E-state index contributed by atoms with van der Waals surface area (Å²) in [5.41, 5.74) is 0.827. The van der Waals surface area contributed by atoms with Crippen molar-refractivity contribution in [2.45, 2.75) is 6.42 Å². The van der Waals surface area contributed by atoms with E-state index in [0.29, 0.717) is 24.6 Å². The van der Waals surface area contributed by atoms with Crippen molar-refractivity contribution in [3.63, 3.8) is 0 Å². The van der Waals surface area contributed by atoms with Gasteiger partial charge in [0.15, 0.2) is 0 Å². The Bertz CT molecular complexity index is 481. The van der Waals surface area contributed by atoms with E-state index in [9.17, 15) is 4.79 Å². The van der Waals surface area contributed by atoms with Gasteiger partial charge in [0.1, 0.15) is 5.75 Å². The summed E-state index contributed by atoms with van der Waals surface area (Å²) in [5, 5.41) is 0. The molecule has 2 rings (SSSR count). The lowest BCUT2D eigenvalue weighted by Gasteiger charge is -2.19. The van der Waals surface area contributed by atoms with Gasteiger partial charge in [-0.2, -0.15) is 0 Å². The number of nitrogens with zero attached hydrogens (tertiary/aromatic N) is 1. The Morgan fingerprint density at radius 1 is 1.44 bits per heavy atom. The van der Waals surface area contributed by atoms with Crippen LogP contribution in [0.3, 0.4) is 0 Å². The second-order valence-electron chi connectivity index (χ2n) is 4.17. The molecule has 18 heavy (non-hydrogen) atoms. The first kappa shape index (κ1) is 14.2. The van der Waals surface area contributed by atoms with E-state index in [1.54, 1.807) is 12.0 Å². The minimum Gasteiger partial charge on any atom is -0.495 e. The van der Waals surface area contributed by atoms with E-state index in [2.05, 4.69) is 31.9 Å². The fourth-order valence-corrected chi connectivity index (χ4v) is 3.58.